The van der Waals surface area contributed by atoms with Crippen LogP contribution in [0.3, 0.4) is 0 Å². The van der Waals surface area contributed by atoms with Gasteiger partial charge in [-0.05, 0) is 36.4 Å². The van der Waals surface area contributed by atoms with Crippen LogP contribution in [-0.2, 0) is 34.0 Å². The van der Waals surface area contributed by atoms with Crippen LogP contribution in [0.4, 0.5) is 17.1 Å². The topological polar surface area (TPSA) is 210 Å². The molecule has 0 fully saturated rings. The molecule has 0 atom stereocenters. The second kappa shape index (κ2) is 6.40. The van der Waals surface area contributed by atoms with E-state index < -0.39 is 50.7 Å². The van der Waals surface area contributed by atoms with Crippen LogP contribution in [0.25, 0.3) is 0 Å². The lowest BCUT2D eigenvalue weighted by atomic mass is 10.3. The van der Waals surface area contributed by atoms with Crippen molar-refractivity contribution in [2.24, 2.45) is 0 Å². The molecule has 0 bridgehead atoms. The fourth-order valence-electron chi connectivity index (χ4n) is 1.85. The predicted molar refractivity (Wildman–Crippen MR) is 91.4 cm³/mol. The molecule has 14 heteroatoms. The highest BCUT2D eigenvalue weighted by atomic mass is 32.3. The van der Waals surface area contributed by atoms with Crippen LogP contribution < -0.4 is 17.2 Å². The van der Waals surface area contributed by atoms with E-state index in [1.54, 1.807) is 0 Å². The largest absolute Gasteiger partial charge is 0.399 e. The van der Waals surface area contributed by atoms with Crippen molar-refractivity contribution in [3.05, 3.63) is 36.4 Å². The average Bonchev–Trinajstić information content (AvgIpc) is 2.47. The van der Waals surface area contributed by atoms with E-state index in [0.717, 1.165) is 24.3 Å². The molecule has 142 valence electrons. The van der Waals surface area contributed by atoms with Crippen LogP contribution in [0.1, 0.15) is 0 Å². The molecule has 26 heavy (non-hydrogen) atoms. The molecule has 0 aliphatic carbocycles. The third-order valence-electron chi connectivity index (χ3n) is 3.04. The summed E-state index contributed by atoms with van der Waals surface area (Å²) in [4.78, 5) is -2.49. The molecule has 0 aliphatic heterocycles. The number of anilines is 3. The molecule has 0 aliphatic rings. The molecule has 0 saturated carbocycles. The standard InChI is InChI=1S/C12H13N3O8S3/c13-7-1-3-10(15)12(5-7)26(21,22)23-25(19,20)8-2-4-9(14)11(6-8)24(16,17)18/h1-6H,13-15H2,(H,16,17,18). The highest BCUT2D eigenvalue weighted by Crippen LogP contribution is 2.28. The number of hydrogen-bond donors (Lipinski definition) is 4. The summed E-state index contributed by atoms with van der Waals surface area (Å²) in [5.74, 6) is 0. The maximum atomic E-state index is 12.2. The second-order valence-corrected chi connectivity index (χ2v) is 9.61. The van der Waals surface area contributed by atoms with Gasteiger partial charge in [-0.2, -0.15) is 25.3 Å². The van der Waals surface area contributed by atoms with Gasteiger partial charge in [0.2, 0.25) is 0 Å². The predicted octanol–water partition coefficient (Wildman–Crippen LogP) is -0.226. The maximum absolute atomic E-state index is 12.2. The van der Waals surface area contributed by atoms with E-state index in [9.17, 15) is 25.3 Å². The Kier molecular flexibility index (Phi) is 4.91. The summed E-state index contributed by atoms with van der Waals surface area (Å²) >= 11 is 0. The molecule has 0 heterocycles. The number of hydrogen-bond acceptors (Lipinski definition) is 10. The van der Waals surface area contributed by atoms with Crippen LogP contribution in [0, 0.1) is 0 Å². The van der Waals surface area contributed by atoms with E-state index in [-0.39, 0.29) is 11.4 Å². The zero-order valence-electron chi connectivity index (χ0n) is 12.7. The Morgan fingerprint density at radius 2 is 1.27 bits per heavy atom. The quantitative estimate of drug-likeness (QED) is 0.364. The first-order valence-electron chi connectivity index (χ1n) is 6.47. The Morgan fingerprint density at radius 3 is 1.85 bits per heavy atom. The van der Waals surface area contributed by atoms with Gasteiger partial charge in [0, 0.05) is 5.69 Å². The number of rotatable bonds is 5. The van der Waals surface area contributed by atoms with Crippen molar-refractivity contribution in [3.63, 3.8) is 0 Å². The minimum Gasteiger partial charge on any atom is -0.399 e. The summed E-state index contributed by atoms with van der Waals surface area (Å²) in [5, 5.41) is 0. The highest BCUT2D eigenvalue weighted by molar-refractivity contribution is 8.00. The molecule has 11 nitrogen and oxygen atoms in total. The van der Waals surface area contributed by atoms with Gasteiger partial charge in [0.25, 0.3) is 10.1 Å². The zero-order chi connectivity index (χ0) is 19.9. The van der Waals surface area contributed by atoms with Gasteiger partial charge < -0.3 is 17.2 Å². The van der Waals surface area contributed by atoms with Crippen molar-refractivity contribution in [1.82, 2.24) is 0 Å². The summed E-state index contributed by atoms with van der Waals surface area (Å²) < 4.78 is 84.6. The molecule has 2 aromatic rings. The molecule has 0 aromatic heterocycles. The normalized spacial score (nSPS) is 12.8. The average molecular weight is 423 g/mol. The molecular weight excluding hydrogens is 410 g/mol. The maximum Gasteiger partial charge on any atom is 0.313 e. The monoisotopic (exact) mass is 423 g/mol. The van der Waals surface area contributed by atoms with Crippen molar-refractivity contribution in [2.75, 3.05) is 17.2 Å². The Balaban J connectivity index is 2.54. The SMILES string of the molecule is Nc1ccc(N)c(S(=O)(=O)OS(=O)(=O)c2ccc(N)c(S(=O)(=O)O)c2)c1. The minimum absolute atomic E-state index is 0.0140. The van der Waals surface area contributed by atoms with Crippen LogP contribution in [0.2, 0.25) is 0 Å². The van der Waals surface area contributed by atoms with Crippen molar-refractivity contribution >= 4 is 47.4 Å². The van der Waals surface area contributed by atoms with Crippen molar-refractivity contribution < 1.29 is 33.4 Å². The molecule has 2 aromatic carbocycles. The lowest BCUT2D eigenvalue weighted by Crippen LogP contribution is -2.16. The molecule has 0 saturated heterocycles. The first-order valence-corrected chi connectivity index (χ1v) is 10.7. The Morgan fingerprint density at radius 1 is 0.731 bits per heavy atom. The van der Waals surface area contributed by atoms with Gasteiger partial charge in [-0.1, -0.05) is 0 Å². The highest BCUT2D eigenvalue weighted by Gasteiger charge is 2.30. The van der Waals surface area contributed by atoms with Gasteiger partial charge in [0.15, 0.2) is 0 Å². The fraction of sp³-hybridized carbons (Fsp3) is 0. The van der Waals surface area contributed by atoms with E-state index in [0.29, 0.717) is 6.07 Å². The molecule has 0 radical (unpaired) electrons. The minimum atomic E-state index is -5.01. The fourth-order valence-corrected chi connectivity index (χ4v) is 5.26. The first-order chi connectivity index (χ1) is 11.7. The zero-order valence-corrected chi connectivity index (χ0v) is 15.2. The summed E-state index contributed by atoms with van der Waals surface area (Å²) in [6.45, 7) is 0. The van der Waals surface area contributed by atoms with Gasteiger partial charge in [0.05, 0.1) is 16.3 Å². The molecule has 7 N–H and O–H groups in total. The van der Waals surface area contributed by atoms with Crippen LogP contribution in [0.15, 0.2) is 51.1 Å². The summed E-state index contributed by atoms with van der Waals surface area (Å²) in [6.07, 6.45) is 0. The van der Waals surface area contributed by atoms with Gasteiger partial charge in [-0.15, -0.1) is 3.63 Å². The van der Waals surface area contributed by atoms with Crippen molar-refractivity contribution in [1.29, 1.82) is 0 Å². The van der Waals surface area contributed by atoms with E-state index >= 15 is 0 Å². The van der Waals surface area contributed by atoms with Gasteiger partial charge in [-0.3, -0.25) is 4.55 Å². The first kappa shape index (κ1) is 19.9. The van der Waals surface area contributed by atoms with Crippen molar-refractivity contribution in [2.45, 2.75) is 14.7 Å². The number of nitrogen functional groups attached to an aromatic ring is 3. The lowest BCUT2D eigenvalue weighted by molar-refractivity contribution is 0.462. The van der Waals surface area contributed by atoms with Crippen LogP contribution in [-0.4, -0.2) is 29.8 Å². The van der Waals surface area contributed by atoms with Crippen molar-refractivity contribution in [3.8, 4) is 0 Å². The molecule has 0 unspecified atom stereocenters. The smallest absolute Gasteiger partial charge is 0.313 e. The van der Waals surface area contributed by atoms with E-state index in [1.165, 1.54) is 6.07 Å². The van der Waals surface area contributed by atoms with E-state index in [1.807, 2.05) is 0 Å². The van der Waals surface area contributed by atoms with Gasteiger partial charge >= 0.3 is 20.2 Å². The third kappa shape index (κ3) is 4.05. The number of benzene rings is 2. The van der Waals surface area contributed by atoms with E-state index in [4.69, 9.17) is 21.8 Å². The molecule has 0 spiro atoms. The van der Waals surface area contributed by atoms with Gasteiger partial charge in [-0.25, -0.2) is 0 Å². The summed E-state index contributed by atoms with van der Waals surface area (Å²) in [7, 11) is -14.8. The molecule has 2 rings (SSSR count). The van der Waals surface area contributed by atoms with E-state index in [2.05, 4.69) is 3.63 Å². The Labute approximate surface area is 149 Å². The molecular formula is C12H13N3O8S3. The van der Waals surface area contributed by atoms with Gasteiger partial charge in [0.1, 0.15) is 9.79 Å². The summed E-state index contributed by atoms with van der Waals surface area (Å²) in [6, 6.07) is 5.43. The Bertz CT molecular complexity index is 1190. The summed E-state index contributed by atoms with van der Waals surface area (Å²) in [5.41, 5.74) is 15.5. The second-order valence-electron chi connectivity index (χ2n) is 4.95. The Hall–Kier alpha value is -2.39. The number of nitrogens with two attached hydrogens (primary N) is 3. The molecule has 0 amide bonds. The lowest BCUT2D eigenvalue weighted by Gasteiger charge is -2.10. The van der Waals surface area contributed by atoms with Crippen LogP contribution in [0.5, 0.6) is 0 Å². The van der Waals surface area contributed by atoms with Crippen LogP contribution >= 0.6 is 0 Å². The third-order valence-corrected chi connectivity index (χ3v) is 7.10.